The molecule has 0 saturated heterocycles. The van der Waals surface area contributed by atoms with Gasteiger partial charge in [-0.3, -0.25) is 14.9 Å². The van der Waals surface area contributed by atoms with Crippen molar-refractivity contribution in [2.45, 2.75) is 0 Å². The van der Waals surface area contributed by atoms with Crippen molar-refractivity contribution >= 4 is 55.2 Å². The maximum atomic E-state index is 11.9. The standard InChI is InChI=1S/C15H10Br2N2O3/c16-11-5-6-14(13(17)9-11)18-15(20)7-4-10-2-1-3-12(8-10)19(21)22/h1-9H,(H,18,20). The Kier molecular flexibility index (Phi) is 5.46. The molecule has 7 heteroatoms. The second kappa shape index (κ2) is 7.33. The molecule has 5 nitrogen and oxygen atoms in total. The fourth-order valence-corrected chi connectivity index (χ4v) is 2.83. The van der Waals surface area contributed by atoms with E-state index in [1.807, 2.05) is 12.1 Å². The zero-order valence-corrected chi connectivity index (χ0v) is 14.3. The number of nitrogens with zero attached hydrogens (tertiary/aromatic N) is 1. The normalized spacial score (nSPS) is 10.6. The van der Waals surface area contributed by atoms with Gasteiger partial charge in [0.25, 0.3) is 5.69 Å². The number of nitrogens with one attached hydrogen (secondary N) is 1. The van der Waals surface area contributed by atoms with Gasteiger partial charge in [-0.05, 0) is 45.8 Å². The van der Waals surface area contributed by atoms with Gasteiger partial charge in [-0.2, -0.15) is 0 Å². The van der Waals surface area contributed by atoms with Crippen molar-refractivity contribution in [2.75, 3.05) is 5.32 Å². The highest BCUT2D eigenvalue weighted by molar-refractivity contribution is 9.11. The lowest BCUT2D eigenvalue weighted by Gasteiger charge is -2.05. The SMILES string of the molecule is O=C(C=Cc1cccc([N+](=O)[O-])c1)Nc1ccc(Br)cc1Br. The highest BCUT2D eigenvalue weighted by atomic mass is 79.9. The Labute approximate surface area is 143 Å². The first-order valence-corrected chi connectivity index (χ1v) is 7.73. The number of nitro groups is 1. The molecule has 0 radical (unpaired) electrons. The first-order valence-electron chi connectivity index (χ1n) is 6.14. The molecule has 0 fully saturated rings. The summed E-state index contributed by atoms with van der Waals surface area (Å²) in [4.78, 5) is 22.1. The maximum Gasteiger partial charge on any atom is 0.270 e. The molecule has 2 rings (SSSR count). The van der Waals surface area contributed by atoms with Crippen molar-refractivity contribution in [1.82, 2.24) is 0 Å². The topological polar surface area (TPSA) is 72.2 Å². The average Bonchev–Trinajstić information content (AvgIpc) is 2.48. The summed E-state index contributed by atoms with van der Waals surface area (Å²) in [6, 6.07) is 11.4. The number of halogens is 2. The Bertz CT molecular complexity index is 760. The average molecular weight is 426 g/mol. The predicted molar refractivity (Wildman–Crippen MR) is 92.6 cm³/mol. The molecule has 0 aromatic heterocycles. The Morgan fingerprint density at radius 1 is 1.18 bits per heavy atom. The summed E-state index contributed by atoms with van der Waals surface area (Å²) < 4.78 is 1.64. The van der Waals surface area contributed by atoms with E-state index in [4.69, 9.17) is 0 Å². The minimum Gasteiger partial charge on any atom is -0.321 e. The van der Waals surface area contributed by atoms with Crippen LogP contribution in [-0.4, -0.2) is 10.8 Å². The second-order valence-corrected chi connectivity index (χ2v) is 6.07. The van der Waals surface area contributed by atoms with Crippen LogP contribution in [0.4, 0.5) is 11.4 Å². The summed E-state index contributed by atoms with van der Waals surface area (Å²) in [6.45, 7) is 0. The third-order valence-electron chi connectivity index (χ3n) is 2.70. The van der Waals surface area contributed by atoms with Crippen LogP contribution in [0.25, 0.3) is 6.08 Å². The Hall–Kier alpha value is -1.99. The molecule has 0 heterocycles. The van der Waals surface area contributed by atoms with Gasteiger partial charge in [0, 0.05) is 27.2 Å². The van der Waals surface area contributed by atoms with Crippen molar-refractivity contribution < 1.29 is 9.72 Å². The quantitative estimate of drug-likeness (QED) is 0.435. The van der Waals surface area contributed by atoms with E-state index in [0.29, 0.717) is 11.3 Å². The van der Waals surface area contributed by atoms with Gasteiger partial charge in [-0.15, -0.1) is 0 Å². The molecule has 22 heavy (non-hydrogen) atoms. The number of non-ortho nitro benzene ring substituents is 1. The molecule has 0 aliphatic rings. The van der Waals surface area contributed by atoms with Gasteiger partial charge in [-0.25, -0.2) is 0 Å². The monoisotopic (exact) mass is 424 g/mol. The molecule has 0 unspecified atom stereocenters. The van der Waals surface area contributed by atoms with Crippen molar-refractivity contribution in [2.24, 2.45) is 0 Å². The molecular weight excluding hydrogens is 416 g/mol. The predicted octanol–water partition coefficient (Wildman–Crippen LogP) is 4.77. The first kappa shape index (κ1) is 16.4. The van der Waals surface area contributed by atoms with E-state index in [9.17, 15) is 14.9 Å². The number of carbonyl (C=O) groups excluding carboxylic acids is 1. The van der Waals surface area contributed by atoms with Crippen LogP contribution in [-0.2, 0) is 4.79 Å². The summed E-state index contributed by atoms with van der Waals surface area (Å²) >= 11 is 6.68. The molecule has 2 aromatic rings. The fourth-order valence-electron chi connectivity index (χ4n) is 1.68. The van der Waals surface area contributed by atoms with Crippen LogP contribution in [0.15, 0.2) is 57.5 Å². The van der Waals surface area contributed by atoms with E-state index in [0.717, 1.165) is 8.95 Å². The summed E-state index contributed by atoms with van der Waals surface area (Å²) in [5.74, 6) is -0.325. The molecule has 0 bridgehead atoms. The number of nitro benzene ring substituents is 1. The van der Waals surface area contributed by atoms with E-state index in [2.05, 4.69) is 37.2 Å². The Balaban J connectivity index is 2.08. The summed E-state index contributed by atoms with van der Waals surface area (Å²) in [7, 11) is 0. The van der Waals surface area contributed by atoms with Gasteiger partial charge in [0.15, 0.2) is 0 Å². The molecule has 1 N–H and O–H groups in total. The molecular formula is C15H10Br2N2O3. The van der Waals surface area contributed by atoms with Crippen LogP contribution in [0.1, 0.15) is 5.56 Å². The molecule has 112 valence electrons. The van der Waals surface area contributed by atoms with E-state index in [-0.39, 0.29) is 11.6 Å². The van der Waals surface area contributed by atoms with Gasteiger partial charge in [-0.1, -0.05) is 28.1 Å². The molecule has 2 aromatic carbocycles. The number of hydrogen-bond donors (Lipinski definition) is 1. The Morgan fingerprint density at radius 3 is 2.64 bits per heavy atom. The van der Waals surface area contributed by atoms with Crippen molar-refractivity contribution in [1.29, 1.82) is 0 Å². The lowest BCUT2D eigenvalue weighted by atomic mass is 10.2. The Morgan fingerprint density at radius 2 is 1.95 bits per heavy atom. The summed E-state index contributed by atoms with van der Waals surface area (Å²) in [5.41, 5.74) is 1.20. The number of benzene rings is 2. The maximum absolute atomic E-state index is 11.9. The van der Waals surface area contributed by atoms with Crippen LogP contribution in [0.2, 0.25) is 0 Å². The zero-order chi connectivity index (χ0) is 16.1. The lowest BCUT2D eigenvalue weighted by molar-refractivity contribution is -0.384. The van der Waals surface area contributed by atoms with E-state index < -0.39 is 4.92 Å². The van der Waals surface area contributed by atoms with Crippen LogP contribution < -0.4 is 5.32 Å². The number of amides is 1. The molecule has 0 atom stereocenters. The minimum atomic E-state index is -0.476. The third kappa shape index (κ3) is 4.51. The van der Waals surface area contributed by atoms with E-state index in [1.54, 1.807) is 18.2 Å². The number of anilines is 1. The van der Waals surface area contributed by atoms with Crippen molar-refractivity contribution in [3.63, 3.8) is 0 Å². The zero-order valence-electron chi connectivity index (χ0n) is 11.1. The van der Waals surface area contributed by atoms with E-state index >= 15 is 0 Å². The third-order valence-corrected chi connectivity index (χ3v) is 3.85. The van der Waals surface area contributed by atoms with Crippen LogP contribution in [0.5, 0.6) is 0 Å². The van der Waals surface area contributed by atoms with Crippen molar-refractivity contribution in [3.8, 4) is 0 Å². The second-order valence-electron chi connectivity index (χ2n) is 4.30. The van der Waals surface area contributed by atoms with E-state index in [1.165, 1.54) is 24.3 Å². The van der Waals surface area contributed by atoms with Crippen molar-refractivity contribution in [3.05, 3.63) is 73.2 Å². The number of rotatable bonds is 4. The van der Waals surface area contributed by atoms with Gasteiger partial charge in [0.2, 0.25) is 5.91 Å². The molecule has 0 aliphatic carbocycles. The molecule has 1 amide bonds. The number of carbonyl (C=O) groups is 1. The highest BCUT2D eigenvalue weighted by Gasteiger charge is 2.05. The molecule has 0 spiro atoms. The van der Waals surface area contributed by atoms with Crippen LogP contribution in [0, 0.1) is 10.1 Å². The van der Waals surface area contributed by atoms with Gasteiger partial charge in [0.05, 0.1) is 10.6 Å². The fraction of sp³-hybridized carbons (Fsp3) is 0. The smallest absolute Gasteiger partial charge is 0.270 e. The number of hydrogen-bond acceptors (Lipinski definition) is 3. The summed E-state index contributed by atoms with van der Waals surface area (Å²) in [5, 5.41) is 13.4. The summed E-state index contributed by atoms with van der Waals surface area (Å²) in [6.07, 6.45) is 2.85. The van der Waals surface area contributed by atoms with Crippen LogP contribution >= 0.6 is 31.9 Å². The highest BCUT2D eigenvalue weighted by Crippen LogP contribution is 2.26. The first-order chi connectivity index (χ1) is 10.5. The lowest BCUT2D eigenvalue weighted by Crippen LogP contribution is -2.08. The van der Waals surface area contributed by atoms with Gasteiger partial charge in [0.1, 0.15) is 0 Å². The minimum absolute atomic E-state index is 0.0155. The van der Waals surface area contributed by atoms with Gasteiger partial charge < -0.3 is 5.32 Å². The largest absolute Gasteiger partial charge is 0.321 e. The van der Waals surface area contributed by atoms with Gasteiger partial charge >= 0.3 is 0 Å². The molecule has 0 aliphatic heterocycles. The van der Waals surface area contributed by atoms with Crippen LogP contribution in [0.3, 0.4) is 0 Å². The molecule has 0 saturated carbocycles.